The third-order valence-electron chi connectivity index (χ3n) is 3.27. The van der Waals surface area contributed by atoms with Crippen LogP contribution in [-0.2, 0) is 0 Å². The smallest absolute Gasteiger partial charge is 0.152 e. The minimum absolute atomic E-state index is 0.0215. The molecule has 3 rings (SSSR count). The quantitative estimate of drug-likeness (QED) is 0.629. The summed E-state index contributed by atoms with van der Waals surface area (Å²) >= 11 is 8.49. The molecule has 0 saturated heterocycles. The molecule has 0 spiro atoms. The highest BCUT2D eigenvalue weighted by molar-refractivity contribution is 14.1. The number of para-hydroxylation sites is 1. The van der Waals surface area contributed by atoms with E-state index in [2.05, 4.69) is 52.2 Å². The van der Waals surface area contributed by atoms with Gasteiger partial charge in [-0.2, -0.15) is 0 Å². The van der Waals surface area contributed by atoms with Crippen molar-refractivity contribution in [3.05, 3.63) is 68.4 Å². The van der Waals surface area contributed by atoms with E-state index in [9.17, 15) is 0 Å². The predicted octanol–water partition coefficient (Wildman–Crippen LogP) is 5.00. The Balaban J connectivity index is 2.09. The lowest BCUT2D eigenvalue weighted by molar-refractivity contribution is 0.491. The van der Waals surface area contributed by atoms with Crippen molar-refractivity contribution in [3.63, 3.8) is 0 Å². The molecule has 1 N–H and O–H groups in total. The van der Waals surface area contributed by atoms with Crippen LogP contribution in [-0.4, -0.2) is 7.05 Å². The number of benzene rings is 2. The summed E-state index contributed by atoms with van der Waals surface area (Å²) in [6.45, 7) is 0. The van der Waals surface area contributed by atoms with Gasteiger partial charge in [0.2, 0.25) is 0 Å². The van der Waals surface area contributed by atoms with Crippen molar-refractivity contribution < 1.29 is 4.42 Å². The zero-order chi connectivity index (χ0) is 14.1. The molecule has 0 aliphatic carbocycles. The first-order chi connectivity index (χ1) is 9.69. The second-order valence-corrected chi connectivity index (χ2v) is 6.24. The summed E-state index contributed by atoms with van der Waals surface area (Å²) < 4.78 is 7.15. The van der Waals surface area contributed by atoms with Gasteiger partial charge in [-0.25, -0.2) is 0 Å². The maximum Gasteiger partial charge on any atom is 0.152 e. The van der Waals surface area contributed by atoms with Crippen molar-refractivity contribution in [2.45, 2.75) is 6.04 Å². The van der Waals surface area contributed by atoms with Gasteiger partial charge < -0.3 is 9.73 Å². The fourth-order valence-electron chi connectivity index (χ4n) is 2.35. The molecule has 3 aromatic rings. The van der Waals surface area contributed by atoms with Crippen LogP contribution in [0.1, 0.15) is 17.4 Å². The minimum atomic E-state index is 0.0215. The molecule has 0 fully saturated rings. The molecule has 0 aliphatic heterocycles. The monoisotopic (exact) mass is 397 g/mol. The van der Waals surface area contributed by atoms with Crippen LogP contribution in [0.25, 0.3) is 11.0 Å². The molecular formula is C16H13ClINO. The second-order valence-electron chi connectivity index (χ2n) is 4.58. The van der Waals surface area contributed by atoms with Gasteiger partial charge in [0.15, 0.2) is 5.58 Å². The molecule has 0 saturated carbocycles. The summed E-state index contributed by atoms with van der Waals surface area (Å²) in [5, 5.41) is 4.97. The lowest BCUT2D eigenvalue weighted by atomic mass is 10.0. The molecule has 2 nitrogen and oxygen atoms in total. The topological polar surface area (TPSA) is 25.2 Å². The van der Waals surface area contributed by atoms with Crippen molar-refractivity contribution >= 4 is 45.2 Å². The Hall–Kier alpha value is -1.04. The van der Waals surface area contributed by atoms with Crippen LogP contribution < -0.4 is 5.32 Å². The molecule has 1 heterocycles. The largest absolute Gasteiger partial charge is 0.457 e. The van der Waals surface area contributed by atoms with Gasteiger partial charge in [-0.1, -0.05) is 35.9 Å². The third-order valence-corrected chi connectivity index (χ3v) is 4.24. The van der Waals surface area contributed by atoms with Gasteiger partial charge in [0.25, 0.3) is 0 Å². The number of hydrogen-bond acceptors (Lipinski definition) is 2. The SMILES string of the molecule is CNC(c1cccc(I)c1)c1cc2cccc(Cl)c2o1. The summed E-state index contributed by atoms with van der Waals surface area (Å²) in [6, 6.07) is 16.2. The number of halogens is 2. The van der Waals surface area contributed by atoms with Crippen molar-refractivity contribution in [1.82, 2.24) is 5.32 Å². The Morgan fingerprint density at radius 2 is 1.95 bits per heavy atom. The second kappa shape index (κ2) is 5.76. The van der Waals surface area contributed by atoms with Gasteiger partial charge in [-0.3, -0.25) is 0 Å². The molecular weight excluding hydrogens is 385 g/mol. The van der Waals surface area contributed by atoms with Crippen molar-refractivity contribution in [1.29, 1.82) is 0 Å². The predicted molar refractivity (Wildman–Crippen MR) is 91.3 cm³/mol. The average Bonchev–Trinajstić information content (AvgIpc) is 2.85. The van der Waals surface area contributed by atoms with E-state index in [1.54, 1.807) is 0 Å². The van der Waals surface area contributed by atoms with E-state index in [1.807, 2.05) is 31.3 Å². The lowest BCUT2D eigenvalue weighted by Gasteiger charge is -2.14. The number of fused-ring (bicyclic) bond motifs is 1. The normalized spacial score (nSPS) is 12.8. The Labute approximate surface area is 136 Å². The van der Waals surface area contributed by atoms with Gasteiger partial charge >= 0.3 is 0 Å². The van der Waals surface area contributed by atoms with E-state index < -0.39 is 0 Å². The zero-order valence-electron chi connectivity index (χ0n) is 10.9. The molecule has 4 heteroatoms. The standard InChI is InChI=1S/C16H13ClINO/c1-19-15(10-4-2-6-12(18)8-10)14-9-11-5-3-7-13(17)16(11)20-14/h2-9,15,19H,1H3. The Morgan fingerprint density at radius 3 is 2.65 bits per heavy atom. The summed E-state index contributed by atoms with van der Waals surface area (Å²) in [7, 11) is 1.93. The van der Waals surface area contributed by atoms with Gasteiger partial charge in [-0.15, -0.1) is 0 Å². The van der Waals surface area contributed by atoms with Crippen LogP contribution in [0.4, 0.5) is 0 Å². The van der Waals surface area contributed by atoms with Crippen LogP contribution in [0.5, 0.6) is 0 Å². The van der Waals surface area contributed by atoms with E-state index in [0.717, 1.165) is 16.7 Å². The Kier molecular flexibility index (Phi) is 4.01. The van der Waals surface area contributed by atoms with Crippen LogP contribution in [0, 0.1) is 3.57 Å². The summed E-state index contributed by atoms with van der Waals surface area (Å²) in [5.41, 5.74) is 1.92. The van der Waals surface area contributed by atoms with E-state index in [0.29, 0.717) is 5.02 Å². The number of rotatable bonds is 3. The highest BCUT2D eigenvalue weighted by Crippen LogP contribution is 2.32. The summed E-state index contributed by atoms with van der Waals surface area (Å²) in [5.74, 6) is 0.873. The lowest BCUT2D eigenvalue weighted by Crippen LogP contribution is -2.16. The molecule has 102 valence electrons. The van der Waals surface area contributed by atoms with Gasteiger partial charge in [0.05, 0.1) is 11.1 Å². The Bertz CT molecular complexity index is 753. The van der Waals surface area contributed by atoms with E-state index in [1.165, 1.54) is 9.13 Å². The van der Waals surface area contributed by atoms with Gasteiger partial charge in [0, 0.05) is 8.96 Å². The van der Waals surface area contributed by atoms with Crippen LogP contribution in [0.2, 0.25) is 5.02 Å². The Morgan fingerprint density at radius 1 is 1.15 bits per heavy atom. The summed E-state index contributed by atoms with van der Waals surface area (Å²) in [6.07, 6.45) is 0. The molecule has 0 radical (unpaired) electrons. The van der Waals surface area contributed by atoms with E-state index in [-0.39, 0.29) is 6.04 Å². The number of hydrogen-bond donors (Lipinski definition) is 1. The van der Waals surface area contributed by atoms with Crippen LogP contribution >= 0.6 is 34.2 Å². The minimum Gasteiger partial charge on any atom is -0.457 e. The molecule has 1 unspecified atom stereocenters. The third kappa shape index (κ3) is 2.57. The van der Waals surface area contributed by atoms with Crippen molar-refractivity contribution in [2.75, 3.05) is 7.05 Å². The highest BCUT2D eigenvalue weighted by Gasteiger charge is 2.17. The van der Waals surface area contributed by atoms with E-state index in [4.69, 9.17) is 16.0 Å². The van der Waals surface area contributed by atoms with Crippen LogP contribution in [0.3, 0.4) is 0 Å². The first-order valence-corrected chi connectivity index (χ1v) is 7.75. The van der Waals surface area contributed by atoms with Crippen molar-refractivity contribution in [3.8, 4) is 0 Å². The van der Waals surface area contributed by atoms with Crippen LogP contribution in [0.15, 0.2) is 52.9 Å². The fraction of sp³-hybridized carbons (Fsp3) is 0.125. The van der Waals surface area contributed by atoms with Gasteiger partial charge in [-0.05, 0) is 59.5 Å². The molecule has 20 heavy (non-hydrogen) atoms. The van der Waals surface area contributed by atoms with Crippen molar-refractivity contribution in [2.24, 2.45) is 0 Å². The molecule has 1 atom stereocenters. The molecule has 0 bridgehead atoms. The maximum atomic E-state index is 6.17. The molecule has 0 amide bonds. The zero-order valence-corrected chi connectivity index (χ0v) is 13.8. The average molecular weight is 398 g/mol. The molecule has 2 aromatic carbocycles. The summed E-state index contributed by atoms with van der Waals surface area (Å²) in [4.78, 5) is 0. The fourth-order valence-corrected chi connectivity index (χ4v) is 3.14. The first-order valence-electron chi connectivity index (χ1n) is 6.29. The first kappa shape index (κ1) is 13.9. The number of furan rings is 1. The number of nitrogens with one attached hydrogen (secondary N) is 1. The van der Waals surface area contributed by atoms with Gasteiger partial charge in [0.1, 0.15) is 5.76 Å². The molecule has 0 aliphatic rings. The highest BCUT2D eigenvalue weighted by atomic mass is 127. The molecule has 1 aromatic heterocycles. The van der Waals surface area contributed by atoms with E-state index >= 15 is 0 Å². The maximum absolute atomic E-state index is 6.17.